The number of rotatable bonds is 5. The maximum Gasteiger partial charge on any atom is 0.119 e. The standard InChI is InChI=1S/C12H13N3OS/c13-10-1-3-11(4-2-10)16-7-8-17-12-5-6-14-9-15-12/h1-6,9H,7-8,13H2. The van der Waals surface area contributed by atoms with Gasteiger partial charge in [0.05, 0.1) is 11.6 Å². The third kappa shape index (κ3) is 3.96. The smallest absolute Gasteiger partial charge is 0.119 e. The maximum absolute atomic E-state index is 5.58. The van der Waals surface area contributed by atoms with Crippen molar-refractivity contribution in [3.05, 3.63) is 42.9 Å². The first-order valence-electron chi connectivity index (χ1n) is 5.22. The number of ether oxygens (including phenoxy) is 1. The number of hydrogen-bond acceptors (Lipinski definition) is 5. The Kier molecular flexibility index (Phi) is 4.21. The lowest BCUT2D eigenvalue weighted by Crippen LogP contribution is -2.00. The predicted molar refractivity (Wildman–Crippen MR) is 69.1 cm³/mol. The molecule has 1 aromatic heterocycles. The lowest BCUT2D eigenvalue weighted by molar-refractivity contribution is 0.344. The van der Waals surface area contributed by atoms with Crippen LogP contribution in [0.2, 0.25) is 0 Å². The molecule has 0 aliphatic carbocycles. The van der Waals surface area contributed by atoms with Crippen molar-refractivity contribution in [2.45, 2.75) is 5.03 Å². The molecule has 0 radical (unpaired) electrons. The Bertz CT molecular complexity index is 447. The first kappa shape index (κ1) is 11.7. The van der Waals surface area contributed by atoms with Crippen LogP contribution in [-0.4, -0.2) is 22.3 Å². The molecular weight excluding hydrogens is 234 g/mol. The molecule has 0 aliphatic rings. The normalized spacial score (nSPS) is 10.1. The summed E-state index contributed by atoms with van der Waals surface area (Å²) in [7, 11) is 0. The summed E-state index contributed by atoms with van der Waals surface area (Å²) in [4.78, 5) is 7.98. The highest BCUT2D eigenvalue weighted by Crippen LogP contribution is 2.16. The summed E-state index contributed by atoms with van der Waals surface area (Å²) >= 11 is 1.64. The van der Waals surface area contributed by atoms with Crippen molar-refractivity contribution >= 4 is 17.4 Å². The number of aromatic nitrogens is 2. The highest BCUT2D eigenvalue weighted by Gasteiger charge is 1.96. The van der Waals surface area contributed by atoms with Gasteiger partial charge in [-0.25, -0.2) is 9.97 Å². The van der Waals surface area contributed by atoms with Gasteiger partial charge in [-0.15, -0.1) is 11.8 Å². The lowest BCUT2D eigenvalue weighted by Gasteiger charge is -2.05. The van der Waals surface area contributed by atoms with Gasteiger partial charge in [-0.2, -0.15) is 0 Å². The molecule has 0 amide bonds. The van der Waals surface area contributed by atoms with Gasteiger partial charge in [0.1, 0.15) is 12.1 Å². The average molecular weight is 247 g/mol. The molecule has 0 aliphatic heterocycles. The summed E-state index contributed by atoms with van der Waals surface area (Å²) in [6.07, 6.45) is 3.28. The van der Waals surface area contributed by atoms with Crippen LogP contribution in [0.4, 0.5) is 5.69 Å². The number of thioether (sulfide) groups is 1. The second-order valence-electron chi connectivity index (χ2n) is 3.31. The van der Waals surface area contributed by atoms with E-state index in [1.165, 1.54) is 0 Å². The highest BCUT2D eigenvalue weighted by atomic mass is 32.2. The SMILES string of the molecule is Nc1ccc(OCCSc2ccncn2)cc1. The summed E-state index contributed by atoms with van der Waals surface area (Å²) in [5.41, 5.74) is 6.33. The number of nitrogens with two attached hydrogens (primary N) is 1. The van der Waals surface area contributed by atoms with Crippen molar-refractivity contribution in [1.82, 2.24) is 9.97 Å². The van der Waals surface area contributed by atoms with Crippen LogP contribution in [0.5, 0.6) is 5.75 Å². The van der Waals surface area contributed by atoms with E-state index in [1.807, 2.05) is 30.3 Å². The Labute approximate surface area is 104 Å². The van der Waals surface area contributed by atoms with Crippen LogP contribution < -0.4 is 10.5 Å². The van der Waals surface area contributed by atoms with Crippen molar-refractivity contribution < 1.29 is 4.74 Å². The quantitative estimate of drug-likeness (QED) is 0.380. The fourth-order valence-corrected chi connectivity index (χ4v) is 1.89. The Morgan fingerprint density at radius 3 is 2.71 bits per heavy atom. The third-order valence-electron chi connectivity index (χ3n) is 2.04. The summed E-state index contributed by atoms with van der Waals surface area (Å²) in [6.45, 7) is 0.637. The van der Waals surface area contributed by atoms with E-state index in [0.717, 1.165) is 22.2 Å². The minimum atomic E-state index is 0.637. The molecule has 1 heterocycles. The number of anilines is 1. The van der Waals surface area contributed by atoms with E-state index < -0.39 is 0 Å². The molecule has 0 bridgehead atoms. The van der Waals surface area contributed by atoms with Crippen molar-refractivity contribution in [2.75, 3.05) is 18.1 Å². The second kappa shape index (κ2) is 6.10. The highest BCUT2D eigenvalue weighted by molar-refractivity contribution is 7.99. The molecule has 0 saturated heterocycles. The van der Waals surface area contributed by atoms with Crippen LogP contribution in [0.15, 0.2) is 47.9 Å². The number of benzene rings is 1. The summed E-state index contributed by atoms with van der Waals surface area (Å²) in [6, 6.07) is 9.27. The molecule has 0 saturated carbocycles. The van der Waals surface area contributed by atoms with Crippen LogP contribution in [0, 0.1) is 0 Å². The van der Waals surface area contributed by atoms with Gasteiger partial charge in [-0.05, 0) is 30.3 Å². The van der Waals surface area contributed by atoms with Crippen LogP contribution in [0.25, 0.3) is 0 Å². The van der Waals surface area contributed by atoms with Crippen LogP contribution in [0.1, 0.15) is 0 Å². The first-order valence-corrected chi connectivity index (χ1v) is 6.20. The fourth-order valence-electron chi connectivity index (χ4n) is 1.23. The molecule has 0 spiro atoms. The zero-order valence-electron chi connectivity index (χ0n) is 9.24. The van der Waals surface area contributed by atoms with Gasteiger partial charge in [0.15, 0.2) is 0 Å². The van der Waals surface area contributed by atoms with E-state index in [0.29, 0.717) is 6.61 Å². The monoisotopic (exact) mass is 247 g/mol. The summed E-state index contributed by atoms with van der Waals surface area (Å²) < 4.78 is 5.56. The molecule has 88 valence electrons. The molecule has 2 rings (SSSR count). The Morgan fingerprint density at radius 1 is 1.18 bits per heavy atom. The topological polar surface area (TPSA) is 61.0 Å². The molecule has 4 nitrogen and oxygen atoms in total. The molecule has 17 heavy (non-hydrogen) atoms. The van der Waals surface area contributed by atoms with Crippen molar-refractivity contribution in [1.29, 1.82) is 0 Å². The molecule has 2 N–H and O–H groups in total. The molecule has 0 atom stereocenters. The Balaban J connectivity index is 1.71. The van der Waals surface area contributed by atoms with Gasteiger partial charge >= 0.3 is 0 Å². The van der Waals surface area contributed by atoms with Crippen LogP contribution in [0.3, 0.4) is 0 Å². The molecule has 1 aromatic carbocycles. The zero-order chi connectivity index (χ0) is 11.9. The maximum atomic E-state index is 5.58. The van der Waals surface area contributed by atoms with E-state index in [2.05, 4.69) is 9.97 Å². The molecule has 2 aromatic rings. The largest absolute Gasteiger partial charge is 0.493 e. The van der Waals surface area contributed by atoms with E-state index in [4.69, 9.17) is 10.5 Å². The third-order valence-corrected chi connectivity index (χ3v) is 2.94. The van der Waals surface area contributed by atoms with Crippen molar-refractivity contribution in [3.8, 4) is 5.75 Å². The van der Waals surface area contributed by atoms with Crippen LogP contribution in [-0.2, 0) is 0 Å². The first-order chi connectivity index (χ1) is 8.34. The van der Waals surface area contributed by atoms with E-state index in [1.54, 1.807) is 24.3 Å². The summed E-state index contributed by atoms with van der Waals surface area (Å²) in [5, 5.41) is 0.959. The number of nitrogen functional groups attached to an aromatic ring is 1. The minimum Gasteiger partial charge on any atom is -0.493 e. The van der Waals surface area contributed by atoms with Crippen LogP contribution >= 0.6 is 11.8 Å². The average Bonchev–Trinajstić information content (AvgIpc) is 2.38. The van der Waals surface area contributed by atoms with Crippen molar-refractivity contribution in [3.63, 3.8) is 0 Å². The fraction of sp³-hybridized carbons (Fsp3) is 0.167. The van der Waals surface area contributed by atoms with Gasteiger partial charge in [-0.3, -0.25) is 0 Å². The molecule has 5 heteroatoms. The van der Waals surface area contributed by atoms with Gasteiger partial charge in [0.2, 0.25) is 0 Å². The second-order valence-corrected chi connectivity index (χ2v) is 4.43. The van der Waals surface area contributed by atoms with Gasteiger partial charge in [-0.1, -0.05) is 0 Å². The number of nitrogens with zero attached hydrogens (tertiary/aromatic N) is 2. The zero-order valence-corrected chi connectivity index (χ0v) is 10.1. The van der Waals surface area contributed by atoms with Gasteiger partial charge < -0.3 is 10.5 Å². The van der Waals surface area contributed by atoms with Crippen molar-refractivity contribution in [2.24, 2.45) is 0 Å². The van der Waals surface area contributed by atoms with Gasteiger partial charge in [0, 0.05) is 17.6 Å². The Morgan fingerprint density at radius 2 is 2.00 bits per heavy atom. The van der Waals surface area contributed by atoms with E-state index >= 15 is 0 Å². The Hall–Kier alpha value is -1.75. The molecular formula is C12H13N3OS. The predicted octanol–water partition coefficient (Wildman–Crippen LogP) is 2.23. The lowest BCUT2D eigenvalue weighted by atomic mass is 10.3. The van der Waals surface area contributed by atoms with E-state index in [-0.39, 0.29) is 0 Å². The molecule has 0 fully saturated rings. The molecule has 0 unspecified atom stereocenters. The van der Waals surface area contributed by atoms with E-state index in [9.17, 15) is 0 Å². The summed E-state index contributed by atoms with van der Waals surface area (Å²) in [5.74, 6) is 1.68. The number of hydrogen-bond donors (Lipinski definition) is 1. The van der Waals surface area contributed by atoms with Gasteiger partial charge in [0.25, 0.3) is 0 Å². The minimum absolute atomic E-state index is 0.637.